The Morgan fingerprint density at radius 2 is 1.19 bits per heavy atom. The molecule has 0 bridgehead atoms. The van der Waals surface area contributed by atoms with Crippen molar-refractivity contribution in [2.75, 3.05) is 19.4 Å². The zero-order valence-corrected chi connectivity index (χ0v) is 14.1. The fraction of sp³-hybridized carbons (Fsp3) is 0.368. The maximum absolute atomic E-state index is 5.59. The molecular formula is C19H28NP. The van der Waals surface area contributed by atoms with Gasteiger partial charge in [-0.2, -0.15) is 0 Å². The van der Waals surface area contributed by atoms with Crippen LogP contribution in [0.4, 0.5) is 0 Å². The van der Waals surface area contributed by atoms with Crippen LogP contribution in [-0.2, 0) is 0 Å². The van der Waals surface area contributed by atoms with Gasteiger partial charge in [-0.25, -0.2) is 0 Å². The molecule has 0 aliphatic carbocycles. The third kappa shape index (κ3) is 4.40. The van der Waals surface area contributed by atoms with E-state index in [-0.39, 0.29) is 0 Å². The topological polar surface area (TPSA) is 26.0 Å². The van der Waals surface area contributed by atoms with Crippen molar-refractivity contribution in [3.63, 3.8) is 0 Å². The minimum absolute atomic E-state index is 0.825. The standard InChI is InChI=1S/C19H28NP/c1-21(17-11-3-2-10-16-20,18-12-6-4-7-13-18)19-14-8-5-9-15-19/h4-9,12-15,21H,2-3,10-11,16-17,20H2,1H3. The van der Waals surface area contributed by atoms with Gasteiger partial charge in [0.1, 0.15) is 0 Å². The van der Waals surface area contributed by atoms with E-state index >= 15 is 0 Å². The molecule has 0 fully saturated rings. The maximum atomic E-state index is 5.59. The molecule has 0 spiro atoms. The van der Waals surface area contributed by atoms with Crippen molar-refractivity contribution in [3.05, 3.63) is 60.7 Å². The minimum atomic E-state index is -1.59. The monoisotopic (exact) mass is 301 g/mol. The van der Waals surface area contributed by atoms with E-state index in [1.807, 2.05) is 0 Å². The quantitative estimate of drug-likeness (QED) is 0.586. The van der Waals surface area contributed by atoms with Crippen LogP contribution < -0.4 is 16.3 Å². The van der Waals surface area contributed by atoms with Gasteiger partial charge in [0.05, 0.1) is 0 Å². The first-order valence-electron chi connectivity index (χ1n) is 8.08. The number of rotatable bonds is 8. The fourth-order valence-electron chi connectivity index (χ4n) is 3.04. The van der Waals surface area contributed by atoms with Gasteiger partial charge in [0.2, 0.25) is 0 Å². The van der Waals surface area contributed by atoms with Crippen LogP contribution in [0.1, 0.15) is 25.7 Å². The summed E-state index contributed by atoms with van der Waals surface area (Å²) in [5.41, 5.74) is 5.59. The Hall–Kier alpha value is -1.17. The van der Waals surface area contributed by atoms with E-state index < -0.39 is 7.26 Å². The molecule has 2 rings (SSSR count). The van der Waals surface area contributed by atoms with Crippen LogP contribution in [0.2, 0.25) is 0 Å². The van der Waals surface area contributed by atoms with Crippen LogP contribution in [0.3, 0.4) is 0 Å². The molecular weight excluding hydrogens is 273 g/mol. The molecule has 114 valence electrons. The van der Waals surface area contributed by atoms with Crippen molar-refractivity contribution in [1.29, 1.82) is 0 Å². The van der Waals surface area contributed by atoms with Crippen LogP contribution in [-0.4, -0.2) is 19.4 Å². The summed E-state index contributed by atoms with van der Waals surface area (Å²) in [6, 6.07) is 22.2. The molecule has 0 amide bonds. The second kappa shape index (κ2) is 8.32. The molecule has 0 radical (unpaired) electrons. The Balaban J connectivity index is 2.15. The van der Waals surface area contributed by atoms with Gasteiger partial charge in [0, 0.05) is 0 Å². The first-order valence-corrected chi connectivity index (χ1v) is 10.8. The predicted molar refractivity (Wildman–Crippen MR) is 98.8 cm³/mol. The Bertz CT molecular complexity index is 470. The van der Waals surface area contributed by atoms with Crippen molar-refractivity contribution >= 4 is 17.9 Å². The molecule has 0 heterocycles. The number of benzene rings is 2. The molecule has 2 N–H and O–H groups in total. The second-order valence-corrected chi connectivity index (χ2v) is 10.3. The zero-order valence-electron chi connectivity index (χ0n) is 13.1. The summed E-state index contributed by atoms with van der Waals surface area (Å²) in [4.78, 5) is 0. The molecule has 0 aliphatic rings. The summed E-state index contributed by atoms with van der Waals surface area (Å²) in [5, 5.41) is 3.10. The van der Waals surface area contributed by atoms with Crippen LogP contribution in [0, 0.1) is 0 Å². The molecule has 2 aromatic rings. The van der Waals surface area contributed by atoms with Crippen molar-refractivity contribution in [3.8, 4) is 0 Å². The third-order valence-electron chi connectivity index (χ3n) is 4.45. The van der Waals surface area contributed by atoms with E-state index in [1.54, 1.807) is 10.6 Å². The van der Waals surface area contributed by atoms with Crippen LogP contribution in [0.15, 0.2) is 60.7 Å². The average Bonchev–Trinajstić information content (AvgIpc) is 2.56. The van der Waals surface area contributed by atoms with Gasteiger partial charge in [-0.1, -0.05) is 0 Å². The van der Waals surface area contributed by atoms with Gasteiger partial charge < -0.3 is 0 Å². The number of hydrogen-bond donors (Lipinski definition) is 1. The van der Waals surface area contributed by atoms with E-state index in [1.165, 1.54) is 25.4 Å². The Labute approximate surface area is 129 Å². The van der Waals surface area contributed by atoms with Crippen molar-refractivity contribution in [2.24, 2.45) is 5.73 Å². The van der Waals surface area contributed by atoms with Crippen molar-refractivity contribution < 1.29 is 0 Å². The molecule has 2 heteroatoms. The van der Waals surface area contributed by atoms with E-state index in [0.29, 0.717) is 0 Å². The molecule has 0 saturated carbocycles. The molecule has 0 unspecified atom stereocenters. The number of unbranched alkanes of at least 4 members (excludes halogenated alkanes) is 3. The molecule has 0 saturated heterocycles. The van der Waals surface area contributed by atoms with Crippen LogP contribution in [0.5, 0.6) is 0 Å². The summed E-state index contributed by atoms with van der Waals surface area (Å²) in [6.07, 6.45) is 6.37. The summed E-state index contributed by atoms with van der Waals surface area (Å²) in [5.74, 6) is 0. The SMILES string of the molecule is C[PH](CCCCCCN)(c1ccccc1)c1ccccc1. The van der Waals surface area contributed by atoms with Crippen molar-refractivity contribution in [1.82, 2.24) is 0 Å². The van der Waals surface area contributed by atoms with Gasteiger partial charge in [-0.05, 0) is 0 Å². The van der Waals surface area contributed by atoms with Gasteiger partial charge in [0.15, 0.2) is 0 Å². The zero-order chi connectivity index (χ0) is 15.0. The third-order valence-corrected chi connectivity index (χ3v) is 9.02. The Morgan fingerprint density at radius 3 is 1.67 bits per heavy atom. The summed E-state index contributed by atoms with van der Waals surface area (Å²) < 4.78 is 0. The predicted octanol–water partition coefficient (Wildman–Crippen LogP) is 3.54. The van der Waals surface area contributed by atoms with Gasteiger partial charge >= 0.3 is 129 Å². The van der Waals surface area contributed by atoms with E-state index in [2.05, 4.69) is 67.3 Å². The van der Waals surface area contributed by atoms with Gasteiger partial charge in [-0.3, -0.25) is 0 Å². The molecule has 0 atom stereocenters. The van der Waals surface area contributed by atoms with E-state index in [0.717, 1.165) is 13.0 Å². The fourth-order valence-corrected chi connectivity index (χ4v) is 6.77. The molecule has 2 aromatic carbocycles. The first kappa shape index (κ1) is 16.2. The average molecular weight is 301 g/mol. The van der Waals surface area contributed by atoms with Gasteiger partial charge in [-0.15, -0.1) is 0 Å². The van der Waals surface area contributed by atoms with Gasteiger partial charge in [0.25, 0.3) is 0 Å². The Morgan fingerprint density at radius 1 is 0.714 bits per heavy atom. The molecule has 1 nitrogen and oxygen atoms in total. The molecule has 0 aromatic heterocycles. The van der Waals surface area contributed by atoms with Crippen LogP contribution >= 0.6 is 7.26 Å². The number of hydrogen-bond acceptors (Lipinski definition) is 1. The first-order chi connectivity index (χ1) is 10.3. The molecule has 0 aliphatic heterocycles. The number of nitrogens with two attached hydrogens (primary N) is 1. The van der Waals surface area contributed by atoms with E-state index in [4.69, 9.17) is 5.73 Å². The summed E-state index contributed by atoms with van der Waals surface area (Å²) >= 11 is 0. The van der Waals surface area contributed by atoms with Crippen LogP contribution in [0.25, 0.3) is 0 Å². The Kier molecular flexibility index (Phi) is 6.42. The van der Waals surface area contributed by atoms with E-state index in [9.17, 15) is 0 Å². The second-order valence-electron chi connectivity index (χ2n) is 6.02. The summed E-state index contributed by atoms with van der Waals surface area (Å²) in [6.45, 7) is 3.34. The normalized spacial score (nSPS) is 12.3. The molecule has 21 heavy (non-hydrogen) atoms. The van der Waals surface area contributed by atoms with Crippen molar-refractivity contribution in [2.45, 2.75) is 25.7 Å². The summed E-state index contributed by atoms with van der Waals surface area (Å²) in [7, 11) is -1.59.